The Balaban J connectivity index is 2.20. The van der Waals surface area contributed by atoms with Crippen molar-refractivity contribution < 1.29 is 9.90 Å². The van der Waals surface area contributed by atoms with E-state index < -0.39 is 11.8 Å². The highest BCUT2D eigenvalue weighted by atomic mass is 35.5. The number of aromatic hydroxyl groups is 1. The molecule has 2 aromatic carbocycles. The minimum Gasteiger partial charge on any atom is -0.508 e. The van der Waals surface area contributed by atoms with Crippen LogP contribution in [0.2, 0.25) is 5.02 Å². The van der Waals surface area contributed by atoms with Gasteiger partial charge in [-0.15, -0.1) is 0 Å². The van der Waals surface area contributed by atoms with Crippen LogP contribution in [0.15, 0.2) is 42.6 Å². The number of primary amides is 1. The first-order valence-electron chi connectivity index (χ1n) is 6.82. The van der Waals surface area contributed by atoms with Gasteiger partial charge in [-0.1, -0.05) is 29.8 Å². The molecule has 0 aliphatic carbocycles. The number of phenols is 1. The van der Waals surface area contributed by atoms with E-state index in [0.29, 0.717) is 10.6 Å². The maximum absolute atomic E-state index is 12.0. The molecular weight excluding hydrogens is 300 g/mol. The standard InChI is InChI=1S/C17H15ClN2O2/c1-9-2-4-12(15(21)6-9)16(17(19)22)13-8-20-14-7-10(18)3-5-11(13)14/h2-8,16,20-21H,1H3,(H2,19,22). The molecule has 1 amide bonds. The molecule has 1 aromatic heterocycles. The van der Waals surface area contributed by atoms with Crippen molar-refractivity contribution in [3.05, 3.63) is 64.3 Å². The van der Waals surface area contributed by atoms with Crippen LogP contribution in [0.4, 0.5) is 0 Å². The molecule has 0 fully saturated rings. The minimum atomic E-state index is -0.726. The second-order valence-corrected chi connectivity index (χ2v) is 5.77. The molecule has 4 nitrogen and oxygen atoms in total. The van der Waals surface area contributed by atoms with Crippen molar-refractivity contribution in [2.45, 2.75) is 12.8 Å². The lowest BCUT2D eigenvalue weighted by molar-refractivity contribution is -0.118. The zero-order valence-electron chi connectivity index (χ0n) is 11.9. The molecule has 5 heteroatoms. The Bertz CT molecular complexity index is 870. The fourth-order valence-electron chi connectivity index (χ4n) is 2.73. The molecule has 1 atom stereocenters. The zero-order chi connectivity index (χ0) is 15.9. The van der Waals surface area contributed by atoms with Crippen LogP contribution < -0.4 is 5.73 Å². The number of nitrogens with two attached hydrogens (primary N) is 1. The minimum absolute atomic E-state index is 0.0621. The third kappa shape index (κ3) is 2.42. The summed E-state index contributed by atoms with van der Waals surface area (Å²) in [5, 5.41) is 11.6. The van der Waals surface area contributed by atoms with Gasteiger partial charge in [-0.3, -0.25) is 4.79 Å². The Kier molecular flexibility index (Phi) is 3.54. The number of aromatic nitrogens is 1. The molecular formula is C17H15ClN2O2. The molecule has 112 valence electrons. The number of phenolic OH excluding ortho intramolecular Hbond substituents is 1. The van der Waals surface area contributed by atoms with Crippen LogP contribution in [0.3, 0.4) is 0 Å². The summed E-state index contributed by atoms with van der Waals surface area (Å²) in [6.45, 7) is 1.87. The van der Waals surface area contributed by atoms with Gasteiger partial charge in [0.05, 0.1) is 5.92 Å². The number of amides is 1. The summed E-state index contributed by atoms with van der Waals surface area (Å²) < 4.78 is 0. The van der Waals surface area contributed by atoms with Gasteiger partial charge in [-0.05, 0) is 36.2 Å². The van der Waals surface area contributed by atoms with Gasteiger partial charge in [0.1, 0.15) is 5.75 Å². The van der Waals surface area contributed by atoms with Gasteiger partial charge in [0, 0.05) is 27.7 Å². The van der Waals surface area contributed by atoms with Crippen molar-refractivity contribution in [2.24, 2.45) is 5.73 Å². The van der Waals surface area contributed by atoms with Gasteiger partial charge in [0.15, 0.2) is 0 Å². The molecule has 0 saturated heterocycles. The molecule has 3 aromatic rings. The molecule has 0 aliphatic heterocycles. The first kappa shape index (κ1) is 14.5. The molecule has 0 radical (unpaired) electrons. The van der Waals surface area contributed by atoms with E-state index in [4.69, 9.17) is 17.3 Å². The van der Waals surface area contributed by atoms with E-state index in [1.807, 2.05) is 19.1 Å². The number of hydrogen-bond donors (Lipinski definition) is 3. The van der Waals surface area contributed by atoms with Gasteiger partial charge in [-0.25, -0.2) is 0 Å². The summed E-state index contributed by atoms with van der Waals surface area (Å²) in [6, 6.07) is 10.6. The number of benzene rings is 2. The number of fused-ring (bicyclic) bond motifs is 1. The fraction of sp³-hybridized carbons (Fsp3) is 0.118. The average molecular weight is 315 g/mol. The molecule has 0 saturated carbocycles. The molecule has 1 unspecified atom stereocenters. The summed E-state index contributed by atoms with van der Waals surface area (Å²) in [5.41, 5.74) is 8.54. The highest BCUT2D eigenvalue weighted by Gasteiger charge is 2.26. The molecule has 0 spiro atoms. The first-order chi connectivity index (χ1) is 10.5. The Morgan fingerprint density at radius 3 is 2.68 bits per heavy atom. The lowest BCUT2D eigenvalue weighted by Gasteiger charge is -2.15. The van der Waals surface area contributed by atoms with Crippen LogP contribution in [0.5, 0.6) is 5.75 Å². The van der Waals surface area contributed by atoms with Gasteiger partial charge >= 0.3 is 0 Å². The lowest BCUT2D eigenvalue weighted by atomic mass is 9.89. The van der Waals surface area contributed by atoms with E-state index in [-0.39, 0.29) is 5.75 Å². The van der Waals surface area contributed by atoms with Crippen LogP contribution in [-0.4, -0.2) is 16.0 Å². The van der Waals surface area contributed by atoms with Crippen LogP contribution in [0.25, 0.3) is 10.9 Å². The molecule has 4 N–H and O–H groups in total. The number of carbonyl (C=O) groups excluding carboxylic acids is 1. The number of rotatable bonds is 3. The summed E-state index contributed by atoms with van der Waals surface area (Å²) >= 11 is 5.98. The van der Waals surface area contributed by atoms with Crippen LogP contribution in [0, 0.1) is 6.92 Å². The van der Waals surface area contributed by atoms with Crippen LogP contribution in [-0.2, 0) is 4.79 Å². The molecule has 1 heterocycles. The number of aromatic amines is 1. The average Bonchev–Trinajstić information content (AvgIpc) is 2.84. The third-order valence-electron chi connectivity index (χ3n) is 3.77. The van der Waals surface area contributed by atoms with Crippen molar-refractivity contribution in [2.75, 3.05) is 0 Å². The highest BCUT2D eigenvalue weighted by molar-refractivity contribution is 6.31. The zero-order valence-corrected chi connectivity index (χ0v) is 12.7. The van der Waals surface area contributed by atoms with Gasteiger partial charge in [0.2, 0.25) is 5.91 Å². The quantitative estimate of drug-likeness (QED) is 0.692. The smallest absolute Gasteiger partial charge is 0.229 e. The maximum atomic E-state index is 12.0. The molecule has 0 bridgehead atoms. The molecule has 0 aliphatic rings. The van der Waals surface area contributed by atoms with Gasteiger partial charge in [-0.2, -0.15) is 0 Å². The maximum Gasteiger partial charge on any atom is 0.229 e. The van der Waals surface area contributed by atoms with Crippen molar-refractivity contribution in [1.82, 2.24) is 4.98 Å². The van der Waals surface area contributed by atoms with Crippen molar-refractivity contribution in [3.63, 3.8) is 0 Å². The van der Waals surface area contributed by atoms with E-state index in [9.17, 15) is 9.90 Å². The van der Waals surface area contributed by atoms with E-state index >= 15 is 0 Å². The Labute approximate surface area is 132 Å². The normalized spacial score (nSPS) is 12.5. The Hall–Kier alpha value is -2.46. The SMILES string of the molecule is Cc1ccc(C(C(N)=O)c2c[nH]c3cc(Cl)ccc23)c(O)c1. The predicted octanol–water partition coefficient (Wildman–Crippen LogP) is 3.45. The molecule has 3 rings (SSSR count). The van der Waals surface area contributed by atoms with E-state index in [1.54, 1.807) is 30.5 Å². The first-order valence-corrected chi connectivity index (χ1v) is 7.20. The second kappa shape index (κ2) is 5.39. The van der Waals surface area contributed by atoms with Gasteiger partial charge < -0.3 is 15.8 Å². The second-order valence-electron chi connectivity index (χ2n) is 5.33. The Morgan fingerprint density at radius 2 is 2.00 bits per heavy atom. The van der Waals surface area contributed by atoms with E-state index in [1.165, 1.54) is 0 Å². The largest absolute Gasteiger partial charge is 0.508 e. The Morgan fingerprint density at radius 1 is 1.23 bits per heavy atom. The summed E-state index contributed by atoms with van der Waals surface area (Å²) in [6.07, 6.45) is 1.73. The summed E-state index contributed by atoms with van der Waals surface area (Å²) in [7, 11) is 0. The number of carbonyl (C=O) groups is 1. The summed E-state index contributed by atoms with van der Waals surface area (Å²) in [5.74, 6) is -1.18. The monoisotopic (exact) mass is 314 g/mol. The fourth-order valence-corrected chi connectivity index (χ4v) is 2.90. The summed E-state index contributed by atoms with van der Waals surface area (Å²) in [4.78, 5) is 15.1. The highest BCUT2D eigenvalue weighted by Crippen LogP contribution is 2.36. The topological polar surface area (TPSA) is 79.1 Å². The molecule has 22 heavy (non-hydrogen) atoms. The van der Waals surface area contributed by atoms with Crippen molar-refractivity contribution >= 4 is 28.4 Å². The lowest BCUT2D eigenvalue weighted by Crippen LogP contribution is -2.22. The third-order valence-corrected chi connectivity index (χ3v) is 4.00. The number of halogens is 1. The number of aryl methyl sites for hydroxylation is 1. The van der Waals surface area contributed by atoms with Crippen molar-refractivity contribution in [1.29, 1.82) is 0 Å². The number of hydrogen-bond acceptors (Lipinski definition) is 2. The number of nitrogens with one attached hydrogen (secondary N) is 1. The van der Waals surface area contributed by atoms with E-state index in [0.717, 1.165) is 22.0 Å². The van der Waals surface area contributed by atoms with Crippen LogP contribution >= 0.6 is 11.6 Å². The van der Waals surface area contributed by atoms with Crippen molar-refractivity contribution in [3.8, 4) is 5.75 Å². The number of H-pyrrole nitrogens is 1. The predicted molar refractivity (Wildman–Crippen MR) is 87.2 cm³/mol. The van der Waals surface area contributed by atoms with E-state index in [2.05, 4.69) is 4.98 Å². The van der Waals surface area contributed by atoms with Crippen LogP contribution in [0.1, 0.15) is 22.6 Å². The van der Waals surface area contributed by atoms with Gasteiger partial charge in [0.25, 0.3) is 0 Å².